The maximum atomic E-state index is 5.11. The topological polar surface area (TPSA) is 25.8 Å². The SMILES string of the molecule is c1ccc(-c2cc(-c3cccc(-c4ccc(-c5cccc6c5-c5cc7ccccc7cc5C65C6CC7CC(C6)CC5C7)cc4)c3)nc(-c3ccccc3)n2)cc1. The molecule has 0 radical (unpaired) electrons. The van der Waals surface area contributed by atoms with Crippen molar-refractivity contribution in [1.82, 2.24) is 9.97 Å². The van der Waals surface area contributed by atoms with Crippen LogP contribution in [0.2, 0.25) is 0 Å². The van der Waals surface area contributed by atoms with Gasteiger partial charge in [-0.15, -0.1) is 0 Å². The number of benzene rings is 7. The fourth-order valence-corrected chi connectivity index (χ4v) is 11.9. The average Bonchev–Trinajstić information content (AvgIpc) is 3.54. The van der Waals surface area contributed by atoms with Crippen molar-refractivity contribution in [3.05, 3.63) is 181 Å². The first-order valence-electron chi connectivity index (χ1n) is 20.6. The van der Waals surface area contributed by atoms with Gasteiger partial charge in [-0.3, -0.25) is 0 Å². The molecule has 2 heteroatoms. The van der Waals surface area contributed by atoms with Gasteiger partial charge in [0.1, 0.15) is 0 Å². The Morgan fingerprint density at radius 3 is 1.66 bits per heavy atom. The summed E-state index contributed by atoms with van der Waals surface area (Å²) < 4.78 is 0. The molecule has 2 nitrogen and oxygen atoms in total. The fourth-order valence-electron chi connectivity index (χ4n) is 11.9. The van der Waals surface area contributed by atoms with Crippen molar-refractivity contribution in [2.75, 3.05) is 0 Å². The molecule has 7 aromatic carbocycles. The second kappa shape index (κ2) is 12.4. The highest BCUT2D eigenvalue weighted by atomic mass is 14.9. The van der Waals surface area contributed by atoms with Crippen molar-refractivity contribution in [3.8, 4) is 67.3 Å². The Kier molecular flexibility index (Phi) is 7.15. The zero-order valence-electron chi connectivity index (χ0n) is 31.4. The average molecular weight is 719 g/mol. The molecule has 5 aliphatic rings. The molecular formula is C54H42N2. The van der Waals surface area contributed by atoms with Gasteiger partial charge in [0.25, 0.3) is 0 Å². The van der Waals surface area contributed by atoms with Crippen LogP contribution < -0.4 is 0 Å². The quantitative estimate of drug-likeness (QED) is 0.177. The highest BCUT2D eigenvalue weighted by molar-refractivity contribution is 5.99. The first-order valence-corrected chi connectivity index (χ1v) is 20.6. The van der Waals surface area contributed by atoms with E-state index in [1.54, 1.807) is 11.1 Å². The molecule has 1 aromatic heterocycles. The van der Waals surface area contributed by atoms with Crippen molar-refractivity contribution in [2.45, 2.75) is 37.5 Å². The summed E-state index contributed by atoms with van der Waals surface area (Å²) in [7, 11) is 0. The molecule has 1 spiro atoms. The number of hydrogen-bond acceptors (Lipinski definition) is 2. The van der Waals surface area contributed by atoms with E-state index >= 15 is 0 Å². The molecule has 0 N–H and O–H groups in total. The smallest absolute Gasteiger partial charge is 0.160 e. The second-order valence-corrected chi connectivity index (χ2v) is 17.0. The largest absolute Gasteiger partial charge is 0.228 e. The van der Waals surface area contributed by atoms with Gasteiger partial charge in [0.05, 0.1) is 11.4 Å². The predicted molar refractivity (Wildman–Crippen MR) is 230 cm³/mol. The summed E-state index contributed by atoms with van der Waals surface area (Å²) in [5, 5.41) is 2.73. The van der Waals surface area contributed by atoms with Crippen LogP contribution in [-0.2, 0) is 5.41 Å². The van der Waals surface area contributed by atoms with Crippen molar-refractivity contribution >= 4 is 10.8 Å². The van der Waals surface area contributed by atoms with Gasteiger partial charge < -0.3 is 0 Å². The van der Waals surface area contributed by atoms with E-state index in [-0.39, 0.29) is 5.41 Å². The Hall–Kier alpha value is -6.12. The molecule has 4 fully saturated rings. The van der Waals surface area contributed by atoms with Gasteiger partial charge in [-0.2, -0.15) is 0 Å². The summed E-state index contributed by atoms with van der Waals surface area (Å²) in [6.07, 6.45) is 7.05. The summed E-state index contributed by atoms with van der Waals surface area (Å²) in [6.45, 7) is 0. The lowest BCUT2D eigenvalue weighted by Crippen LogP contribution is -2.55. The monoisotopic (exact) mass is 718 g/mol. The van der Waals surface area contributed by atoms with E-state index in [1.165, 1.54) is 76.3 Å². The molecule has 268 valence electrons. The number of fused-ring (bicyclic) bond motifs is 4. The highest BCUT2D eigenvalue weighted by Gasteiger charge is 2.61. The molecule has 0 amide bonds. The maximum Gasteiger partial charge on any atom is 0.160 e. The third-order valence-electron chi connectivity index (χ3n) is 14.1. The Morgan fingerprint density at radius 2 is 0.946 bits per heavy atom. The highest BCUT2D eigenvalue weighted by Crippen LogP contribution is 2.70. The standard InChI is InChI=1S/C54H42N2/c1-3-11-38(12-4-1)50-33-51(56-53(55-50)39-13-5-2-6-14-39)43-18-9-17-40(30-43)36-21-23-37(24-22-36)46-19-10-20-48-52(46)47-31-41-15-7-8-16-42(41)32-49(47)54(48)44-26-34-25-35(28-44)29-45(54)27-34/h1-24,30-35,44-45H,25-29H2. The van der Waals surface area contributed by atoms with Crippen molar-refractivity contribution in [1.29, 1.82) is 0 Å². The Morgan fingerprint density at radius 1 is 0.375 bits per heavy atom. The van der Waals surface area contributed by atoms with E-state index in [0.29, 0.717) is 0 Å². The van der Waals surface area contributed by atoms with E-state index in [4.69, 9.17) is 9.97 Å². The molecule has 1 heterocycles. The minimum atomic E-state index is 0.139. The van der Waals surface area contributed by atoms with Gasteiger partial charge in [-0.05, 0) is 135 Å². The summed E-state index contributed by atoms with van der Waals surface area (Å²) in [5.74, 6) is 4.07. The third kappa shape index (κ3) is 4.88. The van der Waals surface area contributed by atoms with Gasteiger partial charge in [0.2, 0.25) is 0 Å². The van der Waals surface area contributed by atoms with Crippen LogP contribution >= 0.6 is 0 Å². The number of rotatable bonds is 5. The lowest BCUT2D eigenvalue weighted by atomic mass is 9.43. The molecule has 0 saturated heterocycles. The fraction of sp³-hybridized carbons (Fsp3) is 0.185. The summed E-state index contributed by atoms with van der Waals surface area (Å²) in [6, 6.07) is 62.4. The van der Waals surface area contributed by atoms with Crippen LogP contribution in [-0.4, -0.2) is 9.97 Å². The zero-order valence-corrected chi connectivity index (χ0v) is 31.4. The first-order chi connectivity index (χ1) is 27.7. The Bertz CT molecular complexity index is 2710. The molecular weight excluding hydrogens is 677 g/mol. The Balaban J connectivity index is 0.948. The van der Waals surface area contributed by atoms with E-state index < -0.39 is 0 Å². The van der Waals surface area contributed by atoms with E-state index in [2.05, 4.69) is 146 Å². The van der Waals surface area contributed by atoms with Crippen molar-refractivity contribution < 1.29 is 0 Å². The summed E-state index contributed by atoms with van der Waals surface area (Å²) >= 11 is 0. The van der Waals surface area contributed by atoms with Gasteiger partial charge in [0.15, 0.2) is 5.82 Å². The van der Waals surface area contributed by atoms with Gasteiger partial charge in [-0.1, -0.05) is 146 Å². The molecule has 13 rings (SSSR count). The van der Waals surface area contributed by atoms with Crippen molar-refractivity contribution in [2.24, 2.45) is 23.7 Å². The van der Waals surface area contributed by atoms with Crippen molar-refractivity contribution in [3.63, 3.8) is 0 Å². The van der Waals surface area contributed by atoms with Gasteiger partial charge in [0, 0.05) is 22.1 Å². The van der Waals surface area contributed by atoms with Crippen LogP contribution in [0.3, 0.4) is 0 Å². The molecule has 5 aliphatic carbocycles. The number of nitrogens with zero attached hydrogens (tertiary/aromatic N) is 2. The minimum Gasteiger partial charge on any atom is -0.228 e. The second-order valence-electron chi connectivity index (χ2n) is 17.0. The molecule has 4 saturated carbocycles. The van der Waals surface area contributed by atoms with Gasteiger partial charge in [-0.25, -0.2) is 9.97 Å². The lowest BCUT2D eigenvalue weighted by molar-refractivity contribution is -0.0398. The minimum absolute atomic E-state index is 0.139. The van der Waals surface area contributed by atoms with Crippen LogP contribution in [0.1, 0.15) is 43.2 Å². The lowest BCUT2D eigenvalue weighted by Gasteiger charge is -2.61. The van der Waals surface area contributed by atoms with Crippen LogP contribution in [0.15, 0.2) is 170 Å². The van der Waals surface area contributed by atoms with Crippen LogP contribution in [0, 0.1) is 23.7 Å². The number of aromatic nitrogens is 2. The van der Waals surface area contributed by atoms with E-state index in [9.17, 15) is 0 Å². The van der Waals surface area contributed by atoms with Crippen LogP contribution in [0.25, 0.3) is 78.1 Å². The molecule has 56 heavy (non-hydrogen) atoms. The molecule has 0 unspecified atom stereocenters. The third-order valence-corrected chi connectivity index (χ3v) is 14.1. The molecule has 4 bridgehead atoms. The predicted octanol–water partition coefficient (Wildman–Crippen LogP) is 13.7. The zero-order chi connectivity index (χ0) is 36.8. The summed E-state index contributed by atoms with van der Waals surface area (Å²) in [4.78, 5) is 10.1. The van der Waals surface area contributed by atoms with Gasteiger partial charge >= 0.3 is 0 Å². The van der Waals surface area contributed by atoms with E-state index in [0.717, 1.165) is 57.6 Å². The van der Waals surface area contributed by atoms with Crippen LogP contribution in [0.5, 0.6) is 0 Å². The molecule has 0 aliphatic heterocycles. The van der Waals surface area contributed by atoms with Crippen LogP contribution in [0.4, 0.5) is 0 Å². The maximum absolute atomic E-state index is 5.11. The first kappa shape index (κ1) is 32.2. The number of hydrogen-bond donors (Lipinski definition) is 0. The normalized spacial score (nSPS) is 22.7. The summed E-state index contributed by atoms with van der Waals surface area (Å²) in [5.41, 5.74) is 16.4. The Labute approximate surface area is 329 Å². The molecule has 0 atom stereocenters. The molecule has 8 aromatic rings. The van der Waals surface area contributed by atoms with E-state index in [1.807, 2.05) is 24.3 Å².